The summed E-state index contributed by atoms with van der Waals surface area (Å²) in [6, 6.07) is 8.09. The molecule has 0 spiro atoms. The van der Waals surface area contributed by atoms with Gasteiger partial charge in [0.2, 0.25) is 0 Å². The molecule has 4 rings (SSSR count). The van der Waals surface area contributed by atoms with E-state index in [4.69, 9.17) is 25.8 Å². The van der Waals surface area contributed by atoms with Crippen molar-refractivity contribution in [2.75, 3.05) is 26.4 Å². The first kappa shape index (κ1) is 35.9. The van der Waals surface area contributed by atoms with Gasteiger partial charge in [-0.1, -0.05) is 29.8 Å². The van der Waals surface area contributed by atoms with E-state index in [2.05, 4.69) is 4.99 Å². The van der Waals surface area contributed by atoms with Gasteiger partial charge in [-0.15, -0.1) is 0 Å². The van der Waals surface area contributed by atoms with Gasteiger partial charge < -0.3 is 14.2 Å². The fraction of sp³-hybridized carbons (Fsp3) is 0.267. The number of aliphatic imine (C=N–C) groups is 1. The molecular weight excluding hydrogens is 688 g/mol. The Labute approximate surface area is 278 Å². The summed E-state index contributed by atoms with van der Waals surface area (Å²) in [5.41, 5.74) is -5.23. The van der Waals surface area contributed by atoms with Crippen LogP contribution >= 0.6 is 23.4 Å². The Morgan fingerprint density at radius 1 is 1.02 bits per heavy atom. The lowest BCUT2D eigenvalue weighted by molar-refractivity contribution is -0.146. The van der Waals surface area contributed by atoms with Crippen molar-refractivity contribution < 1.29 is 46.2 Å². The van der Waals surface area contributed by atoms with Crippen molar-refractivity contribution in [1.82, 2.24) is 14.0 Å². The lowest BCUT2D eigenvalue weighted by Gasteiger charge is -2.16. The van der Waals surface area contributed by atoms with Gasteiger partial charge in [0.25, 0.3) is 11.5 Å². The quantitative estimate of drug-likeness (QED) is 0.170. The number of para-hydroxylation sites is 1. The predicted octanol–water partition coefficient (Wildman–Crippen LogP) is 4.46. The number of benzene rings is 2. The lowest BCUT2D eigenvalue weighted by atomic mass is 10.2. The Morgan fingerprint density at radius 3 is 2.35 bits per heavy atom. The fourth-order valence-electron chi connectivity index (χ4n) is 4.28. The number of esters is 2. The number of nitrogens with zero attached hydrogens (tertiary/aromatic N) is 4. The molecule has 0 atom stereocenters. The standard InChI is InChI=1S/C30H25ClF4N4O8S/c1-4-45-25(41)14-38-27(43)22(10-16-8-6-7-9-21(16)47-15-26(42)46-5-2)48-28(38)36-19-12-20(18(32)11-17(19)31)39-24(40)13-23(30(33,34)35)37(3)29(39)44/h6-13H,4-5,14-15H2,1-3H3/b22-10+,36-28?. The molecule has 254 valence electrons. The van der Waals surface area contributed by atoms with E-state index >= 15 is 4.39 Å². The number of rotatable bonds is 10. The second kappa shape index (κ2) is 14.9. The number of halogens is 5. The van der Waals surface area contributed by atoms with Gasteiger partial charge in [-0.2, -0.15) is 13.2 Å². The van der Waals surface area contributed by atoms with Crippen LogP contribution in [0.3, 0.4) is 0 Å². The molecule has 0 saturated carbocycles. The summed E-state index contributed by atoms with van der Waals surface area (Å²) >= 11 is 7.00. The molecule has 12 nitrogen and oxygen atoms in total. The minimum Gasteiger partial charge on any atom is -0.481 e. The maximum atomic E-state index is 15.1. The zero-order valence-electron chi connectivity index (χ0n) is 25.3. The number of thioether (sulfide) groups is 1. The van der Waals surface area contributed by atoms with E-state index in [9.17, 15) is 37.1 Å². The molecule has 1 saturated heterocycles. The number of carbonyl (C=O) groups is 3. The Morgan fingerprint density at radius 2 is 1.69 bits per heavy atom. The monoisotopic (exact) mass is 712 g/mol. The Hall–Kier alpha value is -4.90. The van der Waals surface area contributed by atoms with E-state index in [0.717, 1.165) is 29.8 Å². The highest BCUT2D eigenvalue weighted by Crippen LogP contribution is 2.38. The molecule has 1 fully saturated rings. The minimum atomic E-state index is -5.05. The van der Waals surface area contributed by atoms with Gasteiger partial charge in [-0.05, 0) is 49.9 Å². The third kappa shape index (κ3) is 7.96. The average molecular weight is 713 g/mol. The summed E-state index contributed by atoms with van der Waals surface area (Å²) in [6.45, 7) is 2.32. The fourth-order valence-corrected chi connectivity index (χ4v) is 5.46. The molecule has 0 unspecified atom stereocenters. The van der Waals surface area contributed by atoms with Crippen molar-refractivity contribution in [2.24, 2.45) is 12.0 Å². The molecule has 1 amide bonds. The third-order valence-electron chi connectivity index (χ3n) is 6.42. The molecule has 48 heavy (non-hydrogen) atoms. The van der Waals surface area contributed by atoms with Crippen LogP contribution in [0.4, 0.5) is 23.2 Å². The Balaban J connectivity index is 1.80. The maximum Gasteiger partial charge on any atom is 0.431 e. The molecule has 0 radical (unpaired) electrons. The van der Waals surface area contributed by atoms with Crippen molar-refractivity contribution >= 4 is 58.1 Å². The highest BCUT2D eigenvalue weighted by atomic mass is 35.5. The van der Waals surface area contributed by atoms with E-state index in [1.165, 1.54) is 6.08 Å². The number of hydrogen-bond donors (Lipinski definition) is 0. The minimum absolute atomic E-state index is 0.00164. The first-order chi connectivity index (χ1) is 22.7. The molecular formula is C30H25ClF4N4O8S. The van der Waals surface area contributed by atoms with Crippen LogP contribution < -0.4 is 16.0 Å². The summed E-state index contributed by atoms with van der Waals surface area (Å²) in [5, 5.41) is -0.517. The first-order valence-electron chi connectivity index (χ1n) is 13.9. The molecule has 1 aromatic heterocycles. The van der Waals surface area contributed by atoms with Crippen molar-refractivity contribution in [3.63, 3.8) is 0 Å². The molecule has 0 N–H and O–H groups in total. The molecule has 0 aliphatic carbocycles. The number of ether oxygens (including phenoxy) is 3. The molecule has 0 bridgehead atoms. The summed E-state index contributed by atoms with van der Waals surface area (Å²) in [4.78, 5) is 68.5. The van der Waals surface area contributed by atoms with Gasteiger partial charge in [0.15, 0.2) is 11.8 Å². The van der Waals surface area contributed by atoms with E-state index in [1.807, 2.05) is 0 Å². The van der Waals surface area contributed by atoms with Crippen LogP contribution in [0.1, 0.15) is 25.1 Å². The molecule has 2 heterocycles. The van der Waals surface area contributed by atoms with Gasteiger partial charge in [0.1, 0.15) is 23.8 Å². The van der Waals surface area contributed by atoms with Crippen LogP contribution in [-0.2, 0) is 37.1 Å². The SMILES string of the molecule is CCOC(=O)COc1ccccc1/C=C1/SC(=Nc2cc(-n3c(=O)cc(C(F)(F)F)n(C)c3=O)c(F)cc2Cl)N(CC(=O)OCC)C1=O. The van der Waals surface area contributed by atoms with Crippen molar-refractivity contribution in [2.45, 2.75) is 20.0 Å². The van der Waals surface area contributed by atoms with Crippen LogP contribution in [0.15, 0.2) is 62.0 Å². The van der Waals surface area contributed by atoms with E-state index in [1.54, 1.807) is 38.1 Å². The van der Waals surface area contributed by atoms with Crippen LogP contribution in [0.2, 0.25) is 5.02 Å². The second-order valence-electron chi connectivity index (χ2n) is 9.63. The largest absolute Gasteiger partial charge is 0.481 e. The van der Waals surface area contributed by atoms with Gasteiger partial charge in [-0.3, -0.25) is 23.9 Å². The normalized spacial score (nSPS) is 14.9. The zero-order valence-corrected chi connectivity index (χ0v) is 26.9. The summed E-state index contributed by atoms with van der Waals surface area (Å²) in [5.74, 6) is -3.14. The molecule has 3 aromatic rings. The Kier molecular flexibility index (Phi) is 11.2. The van der Waals surface area contributed by atoms with Crippen molar-refractivity contribution in [3.8, 4) is 11.4 Å². The number of amides is 1. The van der Waals surface area contributed by atoms with Gasteiger partial charge in [0.05, 0.1) is 34.5 Å². The average Bonchev–Trinajstić information content (AvgIpc) is 3.29. The Bertz CT molecular complexity index is 1960. The highest BCUT2D eigenvalue weighted by Gasteiger charge is 2.37. The van der Waals surface area contributed by atoms with E-state index < -0.39 is 65.6 Å². The highest BCUT2D eigenvalue weighted by molar-refractivity contribution is 8.18. The van der Waals surface area contributed by atoms with Gasteiger partial charge in [-0.25, -0.2) is 23.5 Å². The second-order valence-corrected chi connectivity index (χ2v) is 11.0. The van der Waals surface area contributed by atoms with Crippen LogP contribution in [-0.4, -0.2) is 63.4 Å². The van der Waals surface area contributed by atoms with Gasteiger partial charge >= 0.3 is 23.8 Å². The number of alkyl halides is 3. The van der Waals surface area contributed by atoms with Crippen molar-refractivity contribution in [3.05, 3.63) is 90.3 Å². The first-order valence-corrected chi connectivity index (χ1v) is 15.1. The van der Waals surface area contributed by atoms with Crippen LogP contribution in [0, 0.1) is 5.82 Å². The summed E-state index contributed by atoms with van der Waals surface area (Å²) in [6.07, 6.45) is -3.63. The predicted molar refractivity (Wildman–Crippen MR) is 167 cm³/mol. The van der Waals surface area contributed by atoms with Crippen molar-refractivity contribution in [1.29, 1.82) is 0 Å². The maximum absolute atomic E-state index is 15.1. The van der Waals surface area contributed by atoms with E-state index in [-0.39, 0.29) is 54.9 Å². The van der Waals surface area contributed by atoms with E-state index in [0.29, 0.717) is 11.6 Å². The number of hydrogen-bond acceptors (Lipinski definition) is 10. The number of carbonyl (C=O) groups excluding carboxylic acids is 3. The summed E-state index contributed by atoms with van der Waals surface area (Å²) in [7, 11) is 0.762. The zero-order chi connectivity index (χ0) is 35.3. The van der Waals surface area contributed by atoms with Crippen LogP contribution in [0.25, 0.3) is 11.8 Å². The smallest absolute Gasteiger partial charge is 0.431 e. The summed E-state index contributed by atoms with van der Waals surface area (Å²) < 4.78 is 70.9. The molecule has 2 aromatic carbocycles. The molecule has 1 aliphatic heterocycles. The van der Waals surface area contributed by atoms with Crippen LogP contribution in [0.5, 0.6) is 5.75 Å². The third-order valence-corrected chi connectivity index (χ3v) is 7.73. The topological polar surface area (TPSA) is 138 Å². The van der Waals surface area contributed by atoms with Gasteiger partial charge in [0, 0.05) is 18.7 Å². The molecule has 18 heteroatoms. The lowest BCUT2D eigenvalue weighted by Crippen LogP contribution is -2.41. The molecule has 1 aliphatic rings. The number of amidine groups is 1. The number of aromatic nitrogens is 2.